The molecule has 0 saturated carbocycles. The summed E-state index contributed by atoms with van der Waals surface area (Å²) in [7, 11) is 0. The topological polar surface area (TPSA) is 130 Å². The maximum absolute atomic E-state index is 12.7. The van der Waals surface area contributed by atoms with Gasteiger partial charge in [-0.15, -0.1) is 0 Å². The third-order valence-corrected chi connectivity index (χ3v) is 5.21. The van der Waals surface area contributed by atoms with E-state index in [-0.39, 0.29) is 22.7 Å². The second kappa shape index (κ2) is 9.11. The van der Waals surface area contributed by atoms with E-state index < -0.39 is 23.4 Å². The first-order valence-corrected chi connectivity index (χ1v) is 10.3. The molecule has 4 rings (SSSR count). The van der Waals surface area contributed by atoms with Crippen LogP contribution in [-0.2, 0) is 9.53 Å². The number of fused-ring (bicyclic) bond motifs is 2. The van der Waals surface area contributed by atoms with Crippen molar-refractivity contribution < 1.29 is 28.7 Å². The number of amides is 1. The minimum absolute atomic E-state index is 0.0787. The third kappa shape index (κ3) is 4.54. The molecule has 0 atom stereocenters. The summed E-state index contributed by atoms with van der Waals surface area (Å²) >= 11 is 0. The van der Waals surface area contributed by atoms with Gasteiger partial charge in [-0.2, -0.15) is 0 Å². The average Bonchev–Trinajstić information content (AvgIpc) is 3.02. The van der Waals surface area contributed by atoms with Crippen molar-refractivity contribution in [3.8, 4) is 11.5 Å². The summed E-state index contributed by atoms with van der Waals surface area (Å²) in [6.07, 6.45) is 0.628. The summed E-state index contributed by atoms with van der Waals surface area (Å²) in [5.74, 6) is -0.908. The van der Waals surface area contributed by atoms with Crippen LogP contribution in [0.4, 0.5) is 11.4 Å². The zero-order valence-electron chi connectivity index (χ0n) is 18.0. The van der Waals surface area contributed by atoms with E-state index in [2.05, 4.69) is 10.3 Å². The number of carbonyl (C=O) groups is 2. The van der Waals surface area contributed by atoms with Crippen LogP contribution >= 0.6 is 0 Å². The zero-order chi connectivity index (χ0) is 23.5. The van der Waals surface area contributed by atoms with Gasteiger partial charge >= 0.3 is 5.97 Å². The Morgan fingerprint density at radius 1 is 1.15 bits per heavy atom. The molecule has 10 heteroatoms. The number of esters is 1. The molecular formula is C23H21N3O7. The van der Waals surface area contributed by atoms with Crippen LogP contribution in [-0.4, -0.2) is 41.6 Å². The van der Waals surface area contributed by atoms with Gasteiger partial charge < -0.3 is 19.5 Å². The molecule has 0 spiro atoms. The fraction of sp³-hybridized carbons (Fsp3) is 0.261. The summed E-state index contributed by atoms with van der Waals surface area (Å²) in [5.41, 5.74) is 1.78. The number of pyridine rings is 1. The van der Waals surface area contributed by atoms with Gasteiger partial charge in [-0.1, -0.05) is 18.2 Å². The van der Waals surface area contributed by atoms with Crippen LogP contribution in [0.15, 0.2) is 36.4 Å². The lowest BCUT2D eigenvalue weighted by Crippen LogP contribution is -2.22. The second-order valence-electron chi connectivity index (χ2n) is 7.46. The van der Waals surface area contributed by atoms with E-state index in [1.54, 1.807) is 13.8 Å². The summed E-state index contributed by atoms with van der Waals surface area (Å²) in [4.78, 5) is 40.4. The van der Waals surface area contributed by atoms with Crippen LogP contribution < -0.4 is 14.8 Å². The standard InChI is InChI=1S/C23H21N3O7/c1-13-15-6-3-4-7-16(15)24-14(2)22(13)23(28)33-12-21(27)25-17-10-19-20(11-18(17)26(29)30)32-9-5-8-31-19/h3-4,6-7,10-11H,5,8-9,12H2,1-2H3,(H,25,27). The lowest BCUT2D eigenvalue weighted by molar-refractivity contribution is -0.384. The van der Waals surface area contributed by atoms with Gasteiger partial charge in [-0.05, 0) is 25.5 Å². The van der Waals surface area contributed by atoms with E-state index >= 15 is 0 Å². The molecule has 0 unspecified atom stereocenters. The molecule has 2 heterocycles. The molecule has 0 bridgehead atoms. The summed E-state index contributed by atoms with van der Waals surface area (Å²) < 4.78 is 16.2. The average molecular weight is 451 g/mol. The fourth-order valence-electron chi connectivity index (χ4n) is 3.67. The van der Waals surface area contributed by atoms with Gasteiger partial charge in [0.25, 0.3) is 11.6 Å². The molecule has 0 radical (unpaired) electrons. The molecular weight excluding hydrogens is 430 g/mol. The highest BCUT2D eigenvalue weighted by Crippen LogP contribution is 2.39. The first kappa shape index (κ1) is 22.0. The van der Waals surface area contributed by atoms with Gasteiger partial charge in [0.15, 0.2) is 18.1 Å². The molecule has 3 aromatic rings. The number of benzene rings is 2. The number of anilines is 1. The summed E-state index contributed by atoms with van der Waals surface area (Å²) in [6, 6.07) is 9.94. The molecule has 2 aromatic carbocycles. The number of carbonyl (C=O) groups excluding carboxylic acids is 2. The molecule has 1 aliphatic rings. The number of ether oxygens (including phenoxy) is 3. The Labute approximate surface area is 188 Å². The number of nitro benzene ring substituents is 1. The number of aryl methyl sites for hydroxylation is 2. The molecule has 33 heavy (non-hydrogen) atoms. The van der Waals surface area contributed by atoms with Crippen molar-refractivity contribution in [2.75, 3.05) is 25.1 Å². The summed E-state index contributed by atoms with van der Waals surface area (Å²) in [5, 5.41) is 14.7. The minimum atomic E-state index is -0.731. The first-order valence-electron chi connectivity index (χ1n) is 10.3. The lowest BCUT2D eigenvalue weighted by Gasteiger charge is -2.13. The van der Waals surface area contributed by atoms with Crippen LogP contribution in [0.5, 0.6) is 11.5 Å². The fourth-order valence-corrected chi connectivity index (χ4v) is 3.67. The number of para-hydroxylation sites is 1. The lowest BCUT2D eigenvalue weighted by atomic mass is 10.0. The van der Waals surface area contributed by atoms with Crippen molar-refractivity contribution in [2.45, 2.75) is 20.3 Å². The van der Waals surface area contributed by atoms with Crippen molar-refractivity contribution >= 4 is 34.2 Å². The van der Waals surface area contributed by atoms with E-state index in [9.17, 15) is 19.7 Å². The zero-order valence-corrected chi connectivity index (χ0v) is 18.0. The minimum Gasteiger partial charge on any atom is -0.489 e. The highest BCUT2D eigenvalue weighted by Gasteiger charge is 2.24. The van der Waals surface area contributed by atoms with Crippen LogP contribution in [0.3, 0.4) is 0 Å². The SMILES string of the molecule is Cc1nc2ccccc2c(C)c1C(=O)OCC(=O)Nc1cc2c(cc1[N+](=O)[O-])OCCCO2. The quantitative estimate of drug-likeness (QED) is 0.353. The molecule has 0 aliphatic carbocycles. The van der Waals surface area contributed by atoms with Crippen molar-refractivity contribution in [1.29, 1.82) is 0 Å². The van der Waals surface area contributed by atoms with Crippen molar-refractivity contribution in [2.24, 2.45) is 0 Å². The predicted molar refractivity (Wildman–Crippen MR) is 119 cm³/mol. The van der Waals surface area contributed by atoms with Crippen molar-refractivity contribution in [1.82, 2.24) is 4.98 Å². The molecule has 10 nitrogen and oxygen atoms in total. The Bertz CT molecular complexity index is 1270. The van der Waals surface area contributed by atoms with Crippen molar-refractivity contribution in [3.05, 3.63) is 63.3 Å². The Morgan fingerprint density at radius 3 is 2.58 bits per heavy atom. The predicted octanol–water partition coefficient (Wildman–Crippen LogP) is 3.72. The van der Waals surface area contributed by atoms with Gasteiger partial charge in [0.2, 0.25) is 0 Å². The van der Waals surface area contributed by atoms with Gasteiger partial charge in [0.1, 0.15) is 5.69 Å². The molecule has 0 saturated heterocycles. The number of hydrogen-bond acceptors (Lipinski definition) is 8. The number of nitrogens with zero attached hydrogens (tertiary/aromatic N) is 2. The van der Waals surface area contributed by atoms with Gasteiger partial charge in [0.05, 0.1) is 41.0 Å². The van der Waals surface area contributed by atoms with Gasteiger partial charge in [-0.3, -0.25) is 19.9 Å². The van der Waals surface area contributed by atoms with E-state index in [0.717, 1.165) is 10.9 Å². The maximum Gasteiger partial charge on any atom is 0.340 e. The summed E-state index contributed by atoms with van der Waals surface area (Å²) in [6.45, 7) is 3.60. The second-order valence-corrected chi connectivity index (χ2v) is 7.46. The number of hydrogen-bond donors (Lipinski definition) is 1. The Kier molecular flexibility index (Phi) is 6.07. The number of aromatic nitrogens is 1. The van der Waals surface area contributed by atoms with Crippen LogP contribution in [0.25, 0.3) is 10.9 Å². The van der Waals surface area contributed by atoms with E-state index in [1.165, 1.54) is 12.1 Å². The molecule has 170 valence electrons. The first-order chi connectivity index (χ1) is 15.8. The smallest absolute Gasteiger partial charge is 0.340 e. The highest BCUT2D eigenvalue weighted by molar-refractivity contribution is 6.00. The Morgan fingerprint density at radius 2 is 1.85 bits per heavy atom. The van der Waals surface area contributed by atoms with Crippen LogP contribution in [0.2, 0.25) is 0 Å². The van der Waals surface area contributed by atoms with Gasteiger partial charge in [0, 0.05) is 17.9 Å². The largest absolute Gasteiger partial charge is 0.489 e. The van der Waals surface area contributed by atoms with Crippen LogP contribution in [0.1, 0.15) is 28.0 Å². The molecule has 1 aliphatic heterocycles. The Balaban J connectivity index is 1.50. The number of nitro groups is 1. The molecule has 1 amide bonds. The monoisotopic (exact) mass is 451 g/mol. The van der Waals surface area contributed by atoms with Crippen molar-refractivity contribution in [3.63, 3.8) is 0 Å². The Hall–Kier alpha value is -4.21. The maximum atomic E-state index is 12.7. The molecule has 0 fully saturated rings. The van der Waals surface area contributed by atoms with Gasteiger partial charge in [-0.25, -0.2) is 4.79 Å². The van der Waals surface area contributed by atoms with E-state index in [4.69, 9.17) is 14.2 Å². The number of nitrogens with one attached hydrogen (secondary N) is 1. The van der Waals surface area contributed by atoms with E-state index in [1.807, 2.05) is 24.3 Å². The normalized spacial score (nSPS) is 12.7. The molecule has 1 N–H and O–H groups in total. The third-order valence-electron chi connectivity index (χ3n) is 5.21. The van der Waals surface area contributed by atoms with E-state index in [0.29, 0.717) is 36.6 Å². The highest BCUT2D eigenvalue weighted by atomic mass is 16.6. The van der Waals surface area contributed by atoms with Crippen LogP contribution in [0, 0.1) is 24.0 Å². The molecule has 1 aromatic heterocycles. The number of rotatable bonds is 5.